The molecular weight excluding hydrogens is 246 g/mol. The van der Waals surface area contributed by atoms with Crippen molar-refractivity contribution in [3.8, 4) is 0 Å². The minimum Gasteiger partial charge on any atom is -0.383 e. The van der Waals surface area contributed by atoms with Crippen LogP contribution >= 0.6 is 11.8 Å². The second kappa shape index (κ2) is 6.57. The van der Waals surface area contributed by atoms with Crippen LogP contribution in [0.5, 0.6) is 0 Å². The molecule has 0 spiro atoms. The van der Waals surface area contributed by atoms with E-state index in [1.54, 1.807) is 0 Å². The van der Waals surface area contributed by atoms with Crippen LogP contribution in [0.25, 0.3) is 0 Å². The maximum absolute atomic E-state index is 10.6. The standard InChI is InChI=1S/C14H21NO2S/c15-10-14(16,12-4-2-1-3-5-12)11-18-13-6-8-17-9-7-13/h1-5,13,16H,6-11,15H2. The van der Waals surface area contributed by atoms with E-state index in [1.807, 2.05) is 42.1 Å². The Labute approximate surface area is 113 Å². The first-order valence-corrected chi connectivity index (χ1v) is 7.47. The Morgan fingerprint density at radius 3 is 2.56 bits per heavy atom. The summed E-state index contributed by atoms with van der Waals surface area (Å²) in [5, 5.41) is 11.2. The molecule has 4 heteroatoms. The fourth-order valence-corrected chi connectivity index (χ4v) is 3.43. The van der Waals surface area contributed by atoms with E-state index in [-0.39, 0.29) is 6.54 Å². The Kier molecular flexibility index (Phi) is 5.06. The van der Waals surface area contributed by atoms with E-state index in [0.717, 1.165) is 31.6 Å². The number of aliphatic hydroxyl groups is 1. The molecule has 1 aromatic rings. The number of thioether (sulfide) groups is 1. The molecule has 100 valence electrons. The zero-order chi connectivity index (χ0) is 12.8. The number of rotatable bonds is 5. The Balaban J connectivity index is 1.95. The molecule has 1 heterocycles. The topological polar surface area (TPSA) is 55.5 Å². The lowest BCUT2D eigenvalue weighted by molar-refractivity contribution is 0.0710. The summed E-state index contributed by atoms with van der Waals surface area (Å²) in [6, 6.07) is 9.71. The summed E-state index contributed by atoms with van der Waals surface area (Å²) < 4.78 is 5.34. The SMILES string of the molecule is NCC(O)(CSC1CCOCC1)c1ccccc1. The van der Waals surface area contributed by atoms with Crippen LogP contribution in [0.2, 0.25) is 0 Å². The van der Waals surface area contributed by atoms with Crippen LogP contribution in [0.15, 0.2) is 30.3 Å². The molecule has 1 aliphatic rings. The van der Waals surface area contributed by atoms with Crippen LogP contribution < -0.4 is 5.73 Å². The van der Waals surface area contributed by atoms with Gasteiger partial charge in [-0.15, -0.1) is 0 Å². The molecule has 0 amide bonds. The molecule has 1 atom stereocenters. The monoisotopic (exact) mass is 267 g/mol. The average molecular weight is 267 g/mol. The van der Waals surface area contributed by atoms with Gasteiger partial charge in [0.1, 0.15) is 5.60 Å². The Hall–Kier alpha value is -0.550. The highest BCUT2D eigenvalue weighted by Gasteiger charge is 2.29. The second-order valence-electron chi connectivity index (χ2n) is 4.72. The normalized spacial score (nSPS) is 20.6. The first-order chi connectivity index (χ1) is 8.74. The van der Waals surface area contributed by atoms with E-state index < -0.39 is 5.60 Å². The first kappa shape index (κ1) is 13.9. The molecule has 0 saturated carbocycles. The van der Waals surface area contributed by atoms with Gasteiger partial charge >= 0.3 is 0 Å². The van der Waals surface area contributed by atoms with Crippen molar-refractivity contribution in [3.63, 3.8) is 0 Å². The lowest BCUT2D eigenvalue weighted by Crippen LogP contribution is -2.38. The van der Waals surface area contributed by atoms with E-state index >= 15 is 0 Å². The van der Waals surface area contributed by atoms with Gasteiger partial charge in [0, 0.05) is 30.8 Å². The third kappa shape index (κ3) is 3.48. The van der Waals surface area contributed by atoms with Crippen molar-refractivity contribution in [2.75, 3.05) is 25.5 Å². The molecule has 3 N–H and O–H groups in total. The van der Waals surface area contributed by atoms with Crippen LogP contribution in [0.3, 0.4) is 0 Å². The predicted molar refractivity (Wildman–Crippen MR) is 75.7 cm³/mol. The maximum Gasteiger partial charge on any atom is 0.111 e. The van der Waals surface area contributed by atoms with Crippen LogP contribution in [0, 0.1) is 0 Å². The van der Waals surface area contributed by atoms with Gasteiger partial charge in [0.05, 0.1) is 0 Å². The van der Waals surface area contributed by atoms with Crippen molar-refractivity contribution in [1.29, 1.82) is 0 Å². The summed E-state index contributed by atoms with van der Waals surface area (Å²) in [6.45, 7) is 1.93. The lowest BCUT2D eigenvalue weighted by atomic mass is 9.96. The fraction of sp³-hybridized carbons (Fsp3) is 0.571. The van der Waals surface area contributed by atoms with E-state index in [0.29, 0.717) is 11.0 Å². The van der Waals surface area contributed by atoms with Gasteiger partial charge in [0.2, 0.25) is 0 Å². The molecule has 1 saturated heterocycles. The molecule has 0 radical (unpaired) electrons. The zero-order valence-corrected chi connectivity index (χ0v) is 11.4. The van der Waals surface area contributed by atoms with Crippen molar-refractivity contribution < 1.29 is 9.84 Å². The molecule has 0 aromatic heterocycles. The number of ether oxygens (including phenoxy) is 1. The van der Waals surface area contributed by atoms with E-state index in [2.05, 4.69) is 0 Å². The van der Waals surface area contributed by atoms with Crippen molar-refractivity contribution in [2.24, 2.45) is 5.73 Å². The largest absolute Gasteiger partial charge is 0.383 e. The summed E-state index contributed by atoms with van der Waals surface area (Å²) >= 11 is 1.81. The van der Waals surface area contributed by atoms with Crippen molar-refractivity contribution in [3.05, 3.63) is 35.9 Å². The molecule has 3 nitrogen and oxygen atoms in total. The molecular formula is C14H21NO2S. The van der Waals surface area contributed by atoms with Crippen LogP contribution in [0.4, 0.5) is 0 Å². The van der Waals surface area contributed by atoms with Gasteiger partial charge in [-0.2, -0.15) is 11.8 Å². The lowest BCUT2D eigenvalue weighted by Gasteiger charge is -2.30. The Morgan fingerprint density at radius 2 is 1.94 bits per heavy atom. The molecule has 1 aromatic carbocycles. The van der Waals surface area contributed by atoms with Gasteiger partial charge in [0.15, 0.2) is 0 Å². The van der Waals surface area contributed by atoms with Gasteiger partial charge < -0.3 is 15.6 Å². The van der Waals surface area contributed by atoms with E-state index in [4.69, 9.17) is 10.5 Å². The Bertz CT molecular complexity index is 354. The van der Waals surface area contributed by atoms with E-state index in [9.17, 15) is 5.11 Å². The molecule has 1 aliphatic heterocycles. The predicted octanol–water partition coefficient (Wildman–Crippen LogP) is 1.75. The summed E-state index contributed by atoms with van der Waals surface area (Å²) in [4.78, 5) is 0. The average Bonchev–Trinajstić information content (AvgIpc) is 2.47. The molecule has 2 rings (SSSR count). The summed E-state index contributed by atoms with van der Waals surface area (Å²) in [5.74, 6) is 0.651. The molecule has 1 fully saturated rings. The summed E-state index contributed by atoms with van der Waals surface area (Å²) in [6.07, 6.45) is 2.14. The van der Waals surface area contributed by atoms with E-state index in [1.165, 1.54) is 0 Å². The number of hydrogen-bond donors (Lipinski definition) is 2. The fourth-order valence-electron chi connectivity index (χ4n) is 2.11. The smallest absolute Gasteiger partial charge is 0.111 e. The quantitative estimate of drug-likeness (QED) is 0.853. The van der Waals surface area contributed by atoms with Gasteiger partial charge in [-0.05, 0) is 18.4 Å². The number of benzene rings is 1. The molecule has 0 aliphatic carbocycles. The third-order valence-electron chi connectivity index (χ3n) is 3.37. The highest BCUT2D eigenvalue weighted by molar-refractivity contribution is 7.99. The van der Waals surface area contributed by atoms with Gasteiger partial charge in [-0.1, -0.05) is 30.3 Å². The van der Waals surface area contributed by atoms with Gasteiger partial charge in [-0.25, -0.2) is 0 Å². The molecule has 18 heavy (non-hydrogen) atoms. The highest BCUT2D eigenvalue weighted by Crippen LogP contribution is 2.30. The van der Waals surface area contributed by atoms with Gasteiger partial charge in [-0.3, -0.25) is 0 Å². The molecule has 1 unspecified atom stereocenters. The van der Waals surface area contributed by atoms with Crippen molar-refractivity contribution >= 4 is 11.8 Å². The Morgan fingerprint density at radius 1 is 1.28 bits per heavy atom. The minimum atomic E-state index is -0.912. The maximum atomic E-state index is 10.6. The van der Waals surface area contributed by atoms with Crippen molar-refractivity contribution in [1.82, 2.24) is 0 Å². The first-order valence-electron chi connectivity index (χ1n) is 6.42. The number of hydrogen-bond acceptors (Lipinski definition) is 4. The number of nitrogens with two attached hydrogens (primary N) is 1. The third-order valence-corrected chi connectivity index (χ3v) is 4.96. The zero-order valence-electron chi connectivity index (χ0n) is 10.5. The highest BCUT2D eigenvalue weighted by atomic mass is 32.2. The second-order valence-corrected chi connectivity index (χ2v) is 6.01. The van der Waals surface area contributed by atoms with Crippen LogP contribution in [-0.2, 0) is 10.3 Å². The minimum absolute atomic E-state index is 0.257. The van der Waals surface area contributed by atoms with Gasteiger partial charge in [0.25, 0.3) is 0 Å². The van der Waals surface area contributed by atoms with Crippen LogP contribution in [-0.4, -0.2) is 35.9 Å². The summed E-state index contributed by atoms with van der Waals surface area (Å²) in [7, 11) is 0. The molecule has 0 bridgehead atoms. The van der Waals surface area contributed by atoms with Crippen molar-refractivity contribution in [2.45, 2.75) is 23.7 Å². The summed E-state index contributed by atoms with van der Waals surface area (Å²) in [5.41, 5.74) is 5.76. The van der Waals surface area contributed by atoms with Crippen LogP contribution in [0.1, 0.15) is 18.4 Å².